The molecule has 0 saturated carbocycles. The molecular weight excluding hydrogens is 330 g/mol. The molecule has 1 aromatic carbocycles. The SMILES string of the molecule is O=C(Nc1ccc(-n2cncn2)nc1)c1cccc(Cn2ccnc2)c1. The molecule has 0 unspecified atom stereocenters. The van der Waals surface area contributed by atoms with Gasteiger partial charge < -0.3 is 9.88 Å². The van der Waals surface area contributed by atoms with E-state index in [0.717, 1.165) is 5.56 Å². The number of hydrogen-bond donors (Lipinski definition) is 1. The molecule has 8 nitrogen and oxygen atoms in total. The third-order valence-corrected chi connectivity index (χ3v) is 3.77. The average Bonchev–Trinajstić information content (AvgIpc) is 3.36. The molecule has 0 aliphatic carbocycles. The third kappa shape index (κ3) is 3.48. The fraction of sp³-hybridized carbons (Fsp3) is 0.0556. The Labute approximate surface area is 149 Å². The number of carbonyl (C=O) groups excluding carboxylic acids is 1. The highest BCUT2D eigenvalue weighted by molar-refractivity contribution is 6.04. The van der Waals surface area contributed by atoms with Crippen LogP contribution in [0.1, 0.15) is 15.9 Å². The summed E-state index contributed by atoms with van der Waals surface area (Å²) in [6, 6.07) is 11.0. The molecule has 4 aromatic rings. The number of pyridine rings is 1. The number of benzene rings is 1. The van der Waals surface area contributed by atoms with Gasteiger partial charge >= 0.3 is 0 Å². The molecule has 3 aromatic heterocycles. The minimum absolute atomic E-state index is 0.187. The fourth-order valence-electron chi connectivity index (χ4n) is 2.53. The third-order valence-electron chi connectivity index (χ3n) is 3.77. The Bertz CT molecular complexity index is 992. The summed E-state index contributed by atoms with van der Waals surface area (Å²) in [6.07, 6.45) is 9.95. The first-order valence-corrected chi connectivity index (χ1v) is 7.95. The zero-order valence-corrected chi connectivity index (χ0v) is 13.7. The summed E-state index contributed by atoms with van der Waals surface area (Å²) in [6.45, 7) is 0.662. The number of amides is 1. The summed E-state index contributed by atoms with van der Waals surface area (Å²) in [5.74, 6) is 0.440. The zero-order chi connectivity index (χ0) is 17.8. The first-order chi connectivity index (χ1) is 12.8. The number of hydrogen-bond acceptors (Lipinski definition) is 5. The lowest BCUT2D eigenvalue weighted by Crippen LogP contribution is -2.13. The van der Waals surface area contributed by atoms with E-state index in [2.05, 4.69) is 25.4 Å². The maximum atomic E-state index is 12.5. The standard InChI is InChI=1S/C18H15N7O/c26-18(15-3-1-2-14(8-15)10-24-7-6-19-12-24)23-16-4-5-17(21-9-16)25-13-20-11-22-25/h1-9,11-13H,10H2,(H,23,26). The lowest BCUT2D eigenvalue weighted by Gasteiger charge is -2.08. The van der Waals surface area contributed by atoms with E-state index in [1.165, 1.54) is 6.33 Å². The van der Waals surface area contributed by atoms with Gasteiger partial charge in [0.15, 0.2) is 5.82 Å². The minimum atomic E-state index is -0.187. The Morgan fingerprint density at radius 1 is 1.12 bits per heavy atom. The summed E-state index contributed by atoms with van der Waals surface area (Å²) in [5, 5.41) is 6.87. The van der Waals surface area contributed by atoms with E-state index in [4.69, 9.17) is 0 Å². The summed E-state index contributed by atoms with van der Waals surface area (Å²) in [7, 11) is 0. The van der Waals surface area contributed by atoms with Crippen LogP contribution >= 0.6 is 0 Å². The van der Waals surface area contributed by atoms with E-state index in [1.807, 2.05) is 29.0 Å². The second kappa shape index (κ2) is 6.98. The number of aromatic nitrogens is 6. The van der Waals surface area contributed by atoms with Crippen molar-refractivity contribution in [3.05, 3.63) is 85.1 Å². The van der Waals surface area contributed by atoms with Gasteiger partial charge in [-0.15, -0.1) is 0 Å². The second-order valence-electron chi connectivity index (χ2n) is 5.63. The maximum Gasteiger partial charge on any atom is 0.255 e. The monoisotopic (exact) mass is 345 g/mol. The van der Waals surface area contributed by atoms with Crippen LogP contribution in [0.2, 0.25) is 0 Å². The van der Waals surface area contributed by atoms with E-state index in [-0.39, 0.29) is 5.91 Å². The number of anilines is 1. The highest BCUT2D eigenvalue weighted by atomic mass is 16.1. The number of carbonyl (C=O) groups is 1. The molecule has 3 heterocycles. The topological polar surface area (TPSA) is 90.5 Å². The molecule has 0 fully saturated rings. The normalized spacial score (nSPS) is 10.6. The van der Waals surface area contributed by atoms with E-state index >= 15 is 0 Å². The second-order valence-corrected chi connectivity index (χ2v) is 5.63. The van der Waals surface area contributed by atoms with Crippen LogP contribution in [0, 0.1) is 0 Å². The van der Waals surface area contributed by atoms with E-state index in [9.17, 15) is 4.79 Å². The quantitative estimate of drug-likeness (QED) is 0.598. The summed E-state index contributed by atoms with van der Waals surface area (Å²) >= 11 is 0. The molecule has 1 amide bonds. The van der Waals surface area contributed by atoms with Gasteiger partial charge in [-0.2, -0.15) is 5.10 Å². The molecule has 0 saturated heterocycles. The molecule has 0 atom stereocenters. The summed E-state index contributed by atoms with van der Waals surface area (Å²) in [5.41, 5.74) is 2.22. The van der Waals surface area contributed by atoms with Crippen LogP contribution in [0.4, 0.5) is 5.69 Å². The van der Waals surface area contributed by atoms with Gasteiger partial charge in [-0.05, 0) is 29.8 Å². The summed E-state index contributed by atoms with van der Waals surface area (Å²) < 4.78 is 3.50. The molecule has 0 radical (unpaired) electrons. The van der Waals surface area contributed by atoms with Crippen molar-refractivity contribution in [2.45, 2.75) is 6.54 Å². The van der Waals surface area contributed by atoms with Crippen LogP contribution in [0.5, 0.6) is 0 Å². The zero-order valence-electron chi connectivity index (χ0n) is 13.7. The molecule has 1 N–H and O–H groups in total. The highest BCUT2D eigenvalue weighted by Crippen LogP contribution is 2.12. The van der Waals surface area contributed by atoms with Gasteiger partial charge in [0.1, 0.15) is 12.7 Å². The van der Waals surface area contributed by atoms with Crippen LogP contribution in [-0.4, -0.2) is 35.2 Å². The average molecular weight is 345 g/mol. The number of nitrogens with one attached hydrogen (secondary N) is 1. The van der Waals surface area contributed by atoms with Crippen molar-refractivity contribution in [2.24, 2.45) is 0 Å². The lowest BCUT2D eigenvalue weighted by atomic mass is 10.1. The molecule has 0 spiro atoms. The molecule has 128 valence electrons. The Morgan fingerprint density at radius 3 is 2.81 bits per heavy atom. The van der Waals surface area contributed by atoms with Crippen molar-refractivity contribution in [2.75, 3.05) is 5.32 Å². The number of nitrogens with zero attached hydrogens (tertiary/aromatic N) is 6. The number of imidazole rings is 1. The van der Waals surface area contributed by atoms with Gasteiger partial charge in [0.05, 0.1) is 18.2 Å². The van der Waals surface area contributed by atoms with Crippen molar-refractivity contribution in [3.63, 3.8) is 0 Å². The Hall–Kier alpha value is -3.81. The molecular formula is C18H15N7O. The van der Waals surface area contributed by atoms with Gasteiger partial charge in [-0.3, -0.25) is 4.79 Å². The molecule has 0 bridgehead atoms. The van der Waals surface area contributed by atoms with E-state index in [1.54, 1.807) is 47.9 Å². The van der Waals surface area contributed by atoms with Crippen molar-refractivity contribution in [1.29, 1.82) is 0 Å². The Kier molecular flexibility index (Phi) is 4.21. The van der Waals surface area contributed by atoms with Gasteiger partial charge in [0.2, 0.25) is 0 Å². The first kappa shape index (κ1) is 15.7. The van der Waals surface area contributed by atoms with Gasteiger partial charge in [-0.1, -0.05) is 12.1 Å². The van der Waals surface area contributed by atoms with Crippen LogP contribution in [0.3, 0.4) is 0 Å². The molecule has 0 aliphatic heterocycles. The van der Waals surface area contributed by atoms with Crippen LogP contribution in [0.15, 0.2) is 74.0 Å². The largest absolute Gasteiger partial charge is 0.333 e. The summed E-state index contributed by atoms with van der Waals surface area (Å²) in [4.78, 5) is 24.7. The van der Waals surface area contributed by atoms with E-state index < -0.39 is 0 Å². The first-order valence-electron chi connectivity index (χ1n) is 7.95. The van der Waals surface area contributed by atoms with Crippen molar-refractivity contribution < 1.29 is 4.79 Å². The predicted molar refractivity (Wildman–Crippen MR) is 94.9 cm³/mol. The van der Waals surface area contributed by atoms with Gasteiger partial charge in [0, 0.05) is 24.5 Å². The predicted octanol–water partition coefficient (Wildman–Crippen LogP) is 2.16. The van der Waals surface area contributed by atoms with Gasteiger partial charge in [-0.25, -0.2) is 19.6 Å². The molecule has 0 aliphatic rings. The van der Waals surface area contributed by atoms with Crippen LogP contribution in [-0.2, 0) is 6.54 Å². The maximum absolute atomic E-state index is 12.5. The van der Waals surface area contributed by atoms with Crippen LogP contribution in [0.25, 0.3) is 5.82 Å². The Balaban J connectivity index is 1.46. The molecule has 4 rings (SSSR count). The fourth-order valence-corrected chi connectivity index (χ4v) is 2.53. The van der Waals surface area contributed by atoms with E-state index in [0.29, 0.717) is 23.6 Å². The van der Waals surface area contributed by atoms with Gasteiger partial charge in [0.25, 0.3) is 5.91 Å². The van der Waals surface area contributed by atoms with Crippen molar-refractivity contribution in [1.82, 2.24) is 29.3 Å². The Morgan fingerprint density at radius 2 is 2.08 bits per heavy atom. The highest BCUT2D eigenvalue weighted by Gasteiger charge is 2.08. The van der Waals surface area contributed by atoms with Crippen molar-refractivity contribution >= 4 is 11.6 Å². The molecule has 8 heteroatoms. The number of rotatable bonds is 5. The van der Waals surface area contributed by atoms with Crippen molar-refractivity contribution in [3.8, 4) is 5.82 Å². The molecule has 26 heavy (non-hydrogen) atoms. The van der Waals surface area contributed by atoms with Crippen LogP contribution < -0.4 is 5.32 Å². The smallest absolute Gasteiger partial charge is 0.255 e. The lowest BCUT2D eigenvalue weighted by molar-refractivity contribution is 0.102. The minimum Gasteiger partial charge on any atom is -0.333 e.